The van der Waals surface area contributed by atoms with Gasteiger partial charge in [0.2, 0.25) is 0 Å². The Morgan fingerprint density at radius 3 is 2.47 bits per heavy atom. The summed E-state index contributed by atoms with van der Waals surface area (Å²) in [4.78, 5) is 9.88. The monoisotopic (exact) mass is 330 g/mol. The quantitative estimate of drug-likeness (QED) is 0.693. The van der Waals surface area contributed by atoms with Crippen LogP contribution in [0.15, 0.2) is 22.0 Å². The van der Waals surface area contributed by atoms with Crippen molar-refractivity contribution in [1.29, 1.82) is 0 Å². The molecule has 0 fully saturated rings. The Morgan fingerprint density at radius 2 is 1.94 bits per heavy atom. The molecule has 90 valence electrons. The lowest BCUT2D eigenvalue weighted by Gasteiger charge is -2.18. The van der Waals surface area contributed by atoms with Gasteiger partial charge in [-0.2, -0.15) is 0 Å². The van der Waals surface area contributed by atoms with E-state index in [-0.39, 0.29) is 5.41 Å². The molecule has 0 atom stereocenters. The second-order valence-electron chi connectivity index (χ2n) is 4.78. The molecule has 0 amide bonds. The van der Waals surface area contributed by atoms with Crippen molar-refractivity contribution >= 4 is 38.9 Å². The van der Waals surface area contributed by atoms with Crippen molar-refractivity contribution in [2.75, 3.05) is 0 Å². The van der Waals surface area contributed by atoms with Crippen molar-refractivity contribution in [2.24, 2.45) is 0 Å². The first-order valence-electron chi connectivity index (χ1n) is 5.16. The lowest BCUT2D eigenvalue weighted by Crippen LogP contribution is -2.14. The first-order chi connectivity index (χ1) is 7.86. The molecule has 17 heavy (non-hydrogen) atoms. The number of hydrogen-bond acceptors (Lipinski definition) is 3. The molecule has 2 rings (SSSR count). The molecule has 0 saturated carbocycles. The Kier molecular flexibility index (Phi) is 3.57. The van der Waals surface area contributed by atoms with Crippen LogP contribution in [-0.4, -0.2) is 9.97 Å². The fraction of sp³-hybridized carbons (Fsp3) is 0.333. The van der Waals surface area contributed by atoms with E-state index in [0.29, 0.717) is 11.0 Å². The minimum absolute atomic E-state index is 0.0319. The van der Waals surface area contributed by atoms with Crippen molar-refractivity contribution < 1.29 is 0 Å². The second-order valence-corrected chi connectivity index (χ2v) is 6.99. The highest BCUT2D eigenvalue weighted by atomic mass is 79.9. The molecule has 2 nitrogen and oxygen atoms in total. The van der Waals surface area contributed by atoms with Crippen molar-refractivity contribution in [3.8, 4) is 10.7 Å². The number of rotatable bonds is 1. The van der Waals surface area contributed by atoms with Crippen molar-refractivity contribution in [3.63, 3.8) is 0 Å². The summed E-state index contributed by atoms with van der Waals surface area (Å²) in [5, 5.41) is 2.50. The van der Waals surface area contributed by atoms with Crippen LogP contribution >= 0.6 is 38.9 Å². The molecule has 0 aliphatic carbocycles. The zero-order valence-corrected chi connectivity index (χ0v) is 12.9. The molecular weight excluding hydrogens is 320 g/mol. The van der Waals surface area contributed by atoms with Gasteiger partial charge in [-0.3, -0.25) is 0 Å². The van der Waals surface area contributed by atoms with E-state index in [1.807, 2.05) is 17.5 Å². The molecule has 0 N–H and O–H groups in total. The van der Waals surface area contributed by atoms with Crippen LogP contribution in [-0.2, 0) is 5.41 Å². The first-order valence-corrected chi connectivity index (χ1v) is 7.21. The van der Waals surface area contributed by atoms with Gasteiger partial charge in [0, 0.05) is 15.3 Å². The van der Waals surface area contributed by atoms with E-state index < -0.39 is 0 Å². The molecule has 0 saturated heterocycles. The standard InChI is InChI=1S/C12H12BrClN2S/c1-12(2,3)9-5-10(14)16-11(15-9)8-4-7(13)6-17-8/h4-6H,1-3H3. The van der Waals surface area contributed by atoms with E-state index in [1.165, 1.54) is 0 Å². The van der Waals surface area contributed by atoms with Crippen LogP contribution in [0.2, 0.25) is 5.15 Å². The third-order valence-electron chi connectivity index (χ3n) is 2.25. The summed E-state index contributed by atoms with van der Waals surface area (Å²) in [6.07, 6.45) is 0. The summed E-state index contributed by atoms with van der Waals surface area (Å²) in [5.41, 5.74) is 0.924. The van der Waals surface area contributed by atoms with E-state index in [9.17, 15) is 0 Å². The van der Waals surface area contributed by atoms with E-state index >= 15 is 0 Å². The maximum absolute atomic E-state index is 6.05. The maximum Gasteiger partial charge on any atom is 0.171 e. The first kappa shape index (κ1) is 13.0. The smallest absolute Gasteiger partial charge is 0.171 e. The number of thiophene rings is 1. The number of aromatic nitrogens is 2. The molecule has 5 heteroatoms. The molecule has 0 radical (unpaired) electrons. The Morgan fingerprint density at radius 1 is 1.24 bits per heavy atom. The van der Waals surface area contributed by atoms with Crippen LogP contribution in [0.25, 0.3) is 10.7 Å². The summed E-state index contributed by atoms with van der Waals surface area (Å²) >= 11 is 11.1. The Labute approximate surface area is 118 Å². The van der Waals surface area contributed by atoms with Gasteiger partial charge in [-0.25, -0.2) is 9.97 Å². The lowest BCUT2D eigenvalue weighted by atomic mass is 9.92. The van der Waals surface area contributed by atoms with Gasteiger partial charge in [0.15, 0.2) is 5.82 Å². The summed E-state index contributed by atoms with van der Waals surface area (Å²) in [6, 6.07) is 3.83. The number of halogens is 2. The zero-order chi connectivity index (χ0) is 12.6. The minimum Gasteiger partial charge on any atom is -0.232 e. The van der Waals surface area contributed by atoms with E-state index in [0.717, 1.165) is 15.0 Å². The van der Waals surface area contributed by atoms with Gasteiger partial charge in [-0.05, 0) is 28.1 Å². The highest BCUT2D eigenvalue weighted by Crippen LogP contribution is 2.30. The Hall–Kier alpha value is -0.450. The van der Waals surface area contributed by atoms with E-state index in [1.54, 1.807) is 11.3 Å². The summed E-state index contributed by atoms with van der Waals surface area (Å²) < 4.78 is 1.04. The maximum atomic E-state index is 6.05. The fourth-order valence-electron chi connectivity index (χ4n) is 1.34. The van der Waals surface area contributed by atoms with Gasteiger partial charge in [-0.15, -0.1) is 11.3 Å². The van der Waals surface area contributed by atoms with Crippen LogP contribution in [0, 0.1) is 0 Å². The van der Waals surface area contributed by atoms with E-state index in [4.69, 9.17) is 11.6 Å². The van der Waals surface area contributed by atoms with Gasteiger partial charge in [0.05, 0.1) is 10.6 Å². The van der Waals surface area contributed by atoms with Crippen molar-refractivity contribution in [3.05, 3.63) is 32.8 Å². The van der Waals surface area contributed by atoms with Crippen LogP contribution in [0.5, 0.6) is 0 Å². The van der Waals surface area contributed by atoms with Gasteiger partial charge >= 0.3 is 0 Å². The number of nitrogens with zero attached hydrogens (tertiary/aromatic N) is 2. The van der Waals surface area contributed by atoms with Crippen LogP contribution in [0.4, 0.5) is 0 Å². The molecule has 2 heterocycles. The Balaban J connectivity index is 2.52. The van der Waals surface area contributed by atoms with Crippen LogP contribution in [0.1, 0.15) is 26.5 Å². The molecule has 0 aliphatic heterocycles. The highest BCUT2D eigenvalue weighted by molar-refractivity contribution is 9.10. The van der Waals surface area contributed by atoms with E-state index in [2.05, 4.69) is 46.7 Å². The van der Waals surface area contributed by atoms with Gasteiger partial charge in [-0.1, -0.05) is 32.4 Å². The minimum atomic E-state index is -0.0319. The normalized spacial score (nSPS) is 11.8. The van der Waals surface area contributed by atoms with Gasteiger partial charge in [0.25, 0.3) is 0 Å². The molecule has 0 bridgehead atoms. The highest BCUT2D eigenvalue weighted by Gasteiger charge is 2.18. The van der Waals surface area contributed by atoms with Crippen LogP contribution < -0.4 is 0 Å². The summed E-state index contributed by atoms with van der Waals surface area (Å²) in [6.45, 7) is 6.33. The topological polar surface area (TPSA) is 25.8 Å². The Bertz CT molecular complexity index is 546. The van der Waals surface area contributed by atoms with Crippen molar-refractivity contribution in [2.45, 2.75) is 26.2 Å². The summed E-state index contributed by atoms with van der Waals surface area (Å²) in [7, 11) is 0. The van der Waals surface area contributed by atoms with Crippen LogP contribution in [0.3, 0.4) is 0 Å². The largest absolute Gasteiger partial charge is 0.232 e. The molecule has 0 aromatic carbocycles. The predicted molar refractivity (Wildman–Crippen MR) is 76.8 cm³/mol. The zero-order valence-electron chi connectivity index (χ0n) is 9.79. The molecule has 0 spiro atoms. The van der Waals surface area contributed by atoms with Gasteiger partial charge in [0.1, 0.15) is 5.15 Å². The number of hydrogen-bond donors (Lipinski definition) is 0. The fourth-order valence-corrected chi connectivity index (χ4v) is 2.89. The molecule has 0 aliphatic rings. The molecule has 2 aromatic rings. The second kappa shape index (κ2) is 4.67. The third-order valence-corrected chi connectivity index (χ3v) is 4.13. The third kappa shape index (κ3) is 3.06. The van der Waals surface area contributed by atoms with Crippen molar-refractivity contribution in [1.82, 2.24) is 9.97 Å². The SMILES string of the molecule is CC(C)(C)c1cc(Cl)nc(-c2cc(Br)cs2)n1. The lowest BCUT2D eigenvalue weighted by molar-refractivity contribution is 0.568. The van der Waals surface area contributed by atoms with Gasteiger partial charge < -0.3 is 0 Å². The molecule has 0 unspecified atom stereocenters. The molecular formula is C12H12BrClN2S. The summed E-state index contributed by atoms with van der Waals surface area (Å²) in [5.74, 6) is 0.693. The average Bonchev–Trinajstić information content (AvgIpc) is 2.62. The average molecular weight is 332 g/mol. The molecule has 2 aromatic heterocycles. The predicted octanol–water partition coefficient (Wildman–Crippen LogP) is 4.92.